The highest BCUT2D eigenvalue weighted by Crippen LogP contribution is 1.94. The van der Waals surface area contributed by atoms with Crippen LogP contribution in [-0.4, -0.2) is 108 Å². The Morgan fingerprint density at radius 2 is 0.952 bits per heavy atom. The largest absolute Gasteiger partial charge is 0.395 e. The van der Waals surface area contributed by atoms with Crippen LogP contribution in [0.3, 0.4) is 0 Å². The first kappa shape index (κ1) is 19.7. The van der Waals surface area contributed by atoms with Crippen molar-refractivity contribution < 1.29 is 34.8 Å². The van der Waals surface area contributed by atoms with Gasteiger partial charge in [0.2, 0.25) is 11.8 Å². The number of aliphatic hydroxyl groups excluding tert-OH is 4. The van der Waals surface area contributed by atoms with Crippen molar-refractivity contribution in [2.45, 2.75) is 0 Å². The highest BCUT2D eigenvalue weighted by atomic mass is 16.5. The molecular formula is C12H24N2O7. The van der Waals surface area contributed by atoms with Crippen molar-refractivity contribution in [1.29, 1.82) is 0 Å². The van der Waals surface area contributed by atoms with Gasteiger partial charge in [0.1, 0.15) is 13.2 Å². The predicted molar refractivity (Wildman–Crippen MR) is 72.3 cm³/mol. The Morgan fingerprint density at radius 3 is 1.19 bits per heavy atom. The van der Waals surface area contributed by atoms with Crippen LogP contribution < -0.4 is 0 Å². The molecule has 0 aliphatic carbocycles. The van der Waals surface area contributed by atoms with Crippen LogP contribution in [0.1, 0.15) is 0 Å². The molecule has 0 spiro atoms. The molecule has 4 N–H and O–H groups in total. The minimum absolute atomic E-state index is 0.0812. The lowest BCUT2D eigenvalue weighted by atomic mass is 10.4. The minimum Gasteiger partial charge on any atom is -0.395 e. The van der Waals surface area contributed by atoms with E-state index in [1.807, 2.05) is 0 Å². The zero-order valence-electron chi connectivity index (χ0n) is 12.0. The fourth-order valence-corrected chi connectivity index (χ4v) is 1.61. The standard InChI is InChI=1S/C12H24N2O7/c15-5-1-13(2-6-16)11(19)9-21-10-12(20)14(3-7-17)4-8-18/h15-18H,1-10H2. The Labute approximate surface area is 123 Å². The fourth-order valence-electron chi connectivity index (χ4n) is 1.61. The third kappa shape index (κ3) is 8.58. The van der Waals surface area contributed by atoms with Crippen LogP contribution in [0.15, 0.2) is 0 Å². The molecule has 0 atom stereocenters. The lowest BCUT2D eigenvalue weighted by Gasteiger charge is -2.22. The lowest BCUT2D eigenvalue weighted by Crippen LogP contribution is -2.41. The number of carbonyl (C=O) groups is 2. The summed E-state index contributed by atoms with van der Waals surface area (Å²) >= 11 is 0. The minimum atomic E-state index is -0.443. The van der Waals surface area contributed by atoms with Gasteiger partial charge in [-0.1, -0.05) is 0 Å². The average Bonchev–Trinajstić information content (AvgIpc) is 2.46. The molecule has 0 saturated heterocycles. The summed E-state index contributed by atoms with van der Waals surface area (Å²) in [6.45, 7) is -1.30. The zero-order chi connectivity index (χ0) is 16.1. The van der Waals surface area contributed by atoms with Gasteiger partial charge >= 0.3 is 0 Å². The van der Waals surface area contributed by atoms with E-state index in [1.54, 1.807) is 0 Å². The van der Waals surface area contributed by atoms with Crippen LogP contribution in [0.5, 0.6) is 0 Å². The number of nitrogens with zero attached hydrogens (tertiary/aromatic N) is 2. The summed E-state index contributed by atoms with van der Waals surface area (Å²) in [5.74, 6) is -0.886. The number of aliphatic hydroxyl groups is 4. The van der Waals surface area contributed by atoms with E-state index in [0.717, 1.165) is 0 Å². The first-order valence-electron chi connectivity index (χ1n) is 6.67. The highest BCUT2D eigenvalue weighted by molar-refractivity contribution is 5.79. The van der Waals surface area contributed by atoms with E-state index >= 15 is 0 Å². The van der Waals surface area contributed by atoms with Crippen molar-refractivity contribution in [1.82, 2.24) is 9.80 Å². The van der Waals surface area contributed by atoms with Gasteiger partial charge in [-0.05, 0) is 0 Å². The molecule has 0 heterocycles. The first-order chi connectivity index (χ1) is 10.1. The van der Waals surface area contributed by atoms with Crippen molar-refractivity contribution in [2.24, 2.45) is 0 Å². The molecule has 0 bridgehead atoms. The van der Waals surface area contributed by atoms with Gasteiger partial charge in [-0.15, -0.1) is 0 Å². The maximum Gasteiger partial charge on any atom is 0.248 e. The fraction of sp³-hybridized carbons (Fsp3) is 0.833. The van der Waals surface area contributed by atoms with Crippen molar-refractivity contribution in [3.63, 3.8) is 0 Å². The van der Waals surface area contributed by atoms with Gasteiger partial charge in [-0.25, -0.2) is 0 Å². The van der Waals surface area contributed by atoms with Gasteiger partial charge in [0.15, 0.2) is 0 Å². The molecule has 21 heavy (non-hydrogen) atoms. The van der Waals surface area contributed by atoms with E-state index in [4.69, 9.17) is 25.2 Å². The molecule has 0 rings (SSSR count). The third-order valence-corrected chi connectivity index (χ3v) is 2.64. The predicted octanol–water partition coefficient (Wildman–Crippen LogP) is -3.37. The summed E-state index contributed by atoms with van der Waals surface area (Å²) in [4.78, 5) is 25.9. The number of ether oxygens (including phenoxy) is 1. The summed E-state index contributed by atoms with van der Waals surface area (Å²) in [7, 11) is 0. The Hall–Kier alpha value is -1.26. The topological polar surface area (TPSA) is 131 Å². The Kier molecular flexibility index (Phi) is 11.7. The van der Waals surface area contributed by atoms with Crippen molar-refractivity contribution in [3.8, 4) is 0 Å². The maximum atomic E-state index is 11.7. The molecule has 0 unspecified atom stereocenters. The van der Waals surface area contributed by atoms with Gasteiger partial charge in [-0.3, -0.25) is 9.59 Å². The lowest BCUT2D eigenvalue weighted by molar-refractivity contribution is -0.143. The molecule has 0 aromatic rings. The van der Waals surface area contributed by atoms with Crippen LogP contribution in [0.25, 0.3) is 0 Å². The van der Waals surface area contributed by atoms with E-state index in [1.165, 1.54) is 9.80 Å². The molecule has 9 nitrogen and oxygen atoms in total. The van der Waals surface area contributed by atoms with Crippen molar-refractivity contribution in [3.05, 3.63) is 0 Å². The Bertz CT molecular complexity index is 261. The summed E-state index contributed by atoms with van der Waals surface area (Å²) in [6, 6.07) is 0. The number of rotatable bonds is 12. The highest BCUT2D eigenvalue weighted by Gasteiger charge is 2.16. The van der Waals surface area contributed by atoms with Crippen LogP contribution in [0, 0.1) is 0 Å². The molecule has 0 aromatic heterocycles. The first-order valence-corrected chi connectivity index (χ1v) is 6.67. The van der Waals surface area contributed by atoms with Gasteiger partial charge < -0.3 is 35.0 Å². The summed E-state index contributed by atoms with van der Waals surface area (Å²) in [6.07, 6.45) is 0. The normalized spacial score (nSPS) is 10.5. The second-order valence-electron chi connectivity index (χ2n) is 4.15. The van der Waals surface area contributed by atoms with E-state index in [9.17, 15) is 9.59 Å². The molecule has 2 amide bonds. The average molecular weight is 308 g/mol. The maximum absolute atomic E-state index is 11.7. The van der Waals surface area contributed by atoms with E-state index in [-0.39, 0.29) is 65.8 Å². The smallest absolute Gasteiger partial charge is 0.248 e. The summed E-state index contributed by atoms with van der Waals surface area (Å²) < 4.78 is 5.00. The Balaban J connectivity index is 4.14. The third-order valence-electron chi connectivity index (χ3n) is 2.64. The molecule has 0 radical (unpaired) electrons. The molecular weight excluding hydrogens is 284 g/mol. The molecule has 0 fully saturated rings. The molecule has 0 aromatic carbocycles. The quantitative estimate of drug-likeness (QED) is 0.296. The van der Waals surface area contributed by atoms with E-state index in [0.29, 0.717) is 0 Å². The van der Waals surface area contributed by atoms with Crippen molar-refractivity contribution in [2.75, 3.05) is 65.8 Å². The molecule has 9 heteroatoms. The van der Waals surface area contributed by atoms with Gasteiger partial charge in [0, 0.05) is 26.2 Å². The number of hydrogen-bond donors (Lipinski definition) is 4. The van der Waals surface area contributed by atoms with Gasteiger partial charge in [0.25, 0.3) is 0 Å². The summed E-state index contributed by atoms with van der Waals surface area (Å²) in [5.41, 5.74) is 0. The van der Waals surface area contributed by atoms with Gasteiger partial charge in [-0.2, -0.15) is 0 Å². The Morgan fingerprint density at radius 1 is 0.667 bits per heavy atom. The van der Waals surface area contributed by atoms with Crippen molar-refractivity contribution >= 4 is 11.8 Å². The SMILES string of the molecule is O=C(COCC(=O)N(CCO)CCO)N(CCO)CCO. The molecule has 0 aliphatic rings. The molecule has 124 valence electrons. The number of hydrogen-bond acceptors (Lipinski definition) is 7. The van der Waals surface area contributed by atoms with Crippen LogP contribution in [0.2, 0.25) is 0 Å². The van der Waals surface area contributed by atoms with E-state index in [2.05, 4.69) is 0 Å². The van der Waals surface area contributed by atoms with Crippen LogP contribution >= 0.6 is 0 Å². The number of amides is 2. The number of carbonyl (C=O) groups excluding carboxylic acids is 2. The van der Waals surface area contributed by atoms with Crippen LogP contribution in [0.4, 0.5) is 0 Å². The van der Waals surface area contributed by atoms with Gasteiger partial charge in [0.05, 0.1) is 26.4 Å². The molecule has 0 aliphatic heterocycles. The molecule has 0 saturated carbocycles. The monoisotopic (exact) mass is 308 g/mol. The van der Waals surface area contributed by atoms with Crippen LogP contribution in [-0.2, 0) is 14.3 Å². The summed E-state index contributed by atoms with van der Waals surface area (Å²) in [5, 5.41) is 35.2. The second-order valence-corrected chi connectivity index (χ2v) is 4.15. The second kappa shape index (κ2) is 12.5. The zero-order valence-corrected chi connectivity index (χ0v) is 12.0. The van der Waals surface area contributed by atoms with E-state index < -0.39 is 11.8 Å².